The number of hydrogen-bond acceptors (Lipinski definition) is 2. The minimum absolute atomic E-state index is 0.312. The van der Waals surface area contributed by atoms with Gasteiger partial charge in [0.1, 0.15) is 11.6 Å². The zero-order valence-electron chi connectivity index (χ0n) is 9.98. The summed E-state index contributed by atoms with van der Waals surface area (Å²) in [5.41, 5.74) is 0. The molecule has 3 nitrogen and oxygen atoms in total. The van der Waals surface area contributed by atoms with Crippen molar-refractivity contribution >= 4 is 5.78 Å². The molecule has 1 aliphatic carbocycles. The van der Waals surface area contributed by atoms with E-state index >= 15 is 0 Å². The lowest BCUT2D eigenvalue weighted by Gasteiger charge is -2.09. The number of imidazole rings is 1. The van der Waals surface area contributed by atoms with Crippen molar-refractivity contribution in [2.24, 2.45) is 5.92 Å². The van der Waals surface area contributed by atoms with E-state index in [1.54, 1.807) is 6.20 Å². The van der Waals surface area contributed by atoms with Crippen LogP contribution in [0.1, 0.15) is 44.9 Å². The normalized spacial score (nSPS) is 16.8. The van der Waals surface area contributed by atoms with Crippen molar-refractivity contribution in [1.29, 1.82) is 0 Å². The molecule has 0 amide bonds. The number of carbonyl (C=O) groups is 1. The number of aryl methyl sites for hydroxylation is 1. The number of nitrogens with zero attached hydrogens (tertiary/aromatic N) is 2. The predicted molar refractivity (Wildman–Crippen MR) is 63.2 cm³/mol. The summed E-state index contributed by atoms with van der Waals surface area (Å²) < 4.78 is 2.10. The number of aromatic nitrogens is 2. The lowest BCUT2D eigenvalue weighted by atomic mass is 10.00. The van der Waals surface area contributed by atoms with E-state index in [-0.39, 0.29) is 0 Å². The minimum Gasteiger partial charge on any atom is -0.335 e. The molecule has 0 bridgehead atoms. The minimum atomic E-state index is 0.312. The van der Waals surface area contributed by atoms with Gasteiger partial charge in [0.05, 0.1) is 6.42 Å². The third-order valence-electron chi connectivity index (χ3n) is 3.41. The zero-order chi connectivity index (χ0) is 11.4. The summed E-state index contributed by atoms with van der Waals surface area (Å²) in [6.07, 6.45) is 10.0. The number of carbonyl (C=O) groups excluding carboxylic acids is 1. The third kappa shape index (κ3) is 2.52. The Kier molecular flexibility index (Phi) is 3.75. The van der Waals surface area contributed by atoms with Gasteiger partial charge >= 0.3 is 0 Å². The zero-order valence-corrected chi connectivity index (χ0v) is 9.98. The molecule has 0 radical (unpaired) electrons. The fourth-order valence-electron chi connectivity index (χ4n) is 2.50. The van der Waals surface area contributed by atoms with Gasteiger partial charge < -0.3 is 4.57 Å². The van der Waals surface area contributed by atoms with E-state index in [0.29, 0.717) is 18.1 Å². The molecule has 0 atom stereocenters. The van der Waals surface area contributed by atoms with Crippen molar-refractivity contribution < 1.29 is 4.79 Å². The summed E-state index contributed by atoms with van der Waals surface area (Å²) in [6.45, 7) is 3.11. The van der Waals surface area contributed by atoms with Crippen LogP contribution >= 0.6 is 0 Å². The Morgan fingerprint density at radius 2 is 2.25 bits per heavy atom. The second kappa shape index (κ2) is 5.28. The highest BCUT2D eigenvalue weighted by atomic mass is 16.1. The van der Waals surface area contributed by atoms with Gasteiger partial charge in [-0.1, -0.05) is 19.8 Å². The van der Waals surface area contributed by atoms with Gasteiger partial charge in [-0.25, -0.2) is 4.98 Å². The molecule has 0 aromatic carbocycles. The highest BCUT2D eigenvalue weighted by molar-refractivity contribution is 5.82. The molecule has 1 saturated carbocycles. The topological polar surface area (TPSA) is 34.9 Å². The maximum absolute atomic E-state index is 12.0. The fourth-order valence-corrected chi connectivity index (χ4v) is 2.50. The van der Waals surface area contributed by atoms with Crippen LogP contribution in [-0.2, 0) is 17.8 Å². The molecule has 1 heterocycles. The molecule has 1 aromatic rings. The van der Waals surface area contributed by atoms with Gasteiger partial charge in [0.2, 0.25) is 0 Å². The van der Waals surface area contributed by atoms with Gasteiger partial charge in [0.15, 0.2) is 0 Å². The first kappa shape index (κ1) is 11.4. The van der Waals surface area contributed by atoms with E-state index in [4.69, 9.17) is 0 Å². The quantitative estimate of drug-likeness (QED) is 0.764. The van der Waals surface area contributed by atoms with Crippen LogP contribution in [0.3, 0.4) is 0 Å². The van der Waals surface area contributed by atoms with Crippen molar-refractivity contribution in [3.63, 3.8) is 0 Å². The molecule has 0 unspecified atom stereocenters. The smallest absolute Gasteiger partial charge is 0.143 e. The standard InChI is InChI=1S/C13H20N2O/c1-2-8-15-9-7-14-13(15)10-12(16)11-5-3-4-6-11/h7,9,11H,2-6,8,10H2,1H3. The molecule has 16 heavy (non-hydrogen) atoms. The summed E-state index contributed by atoms with van der Waals surface area (Å²) in [4.78, 5) is 16.3. The molecule has 3 heteroatoms. The Bertz CT molecular complexity index is 351. The maximum Gasteiger partial charge on any atom is 0.143 e. The molecule has 0 saturated heterocycles. The Labute approximate surface area is 96.9 Å². The van der Waals surface area contributed by atoms with Crippen molar-refractivity contribution in [3.05, 3.63) is 18.2 Å². The summed E-state index contributed by atoms with van der Waals surface area (Å²) in [6, 6.07) is 0. The first-order valence-electron chi connectivity index (χ1n) is 6.34. The average molecular weight is 220 g/mol. The van der Waals surface area contributed by atoms with E-state index in [0.717, 1.165) is 31.6 Å². The Morgan fingerprint density at radius 1 is 1.50 bits per heavy atom. The summed E-state index contributed by atoms with van der Waals surface area (Å²) in [5.74, 6) is 1.64. The Morgan fingerprint density at radius 3 is 2.94 bits per heavy atom. The van der Waals surface area contributed by atoms with Crippen LogP contribution in [0.4, 0.5) is 0 Å². The molecule has 88 valence electrons. The third-order valence-corrected chi connectivity index (χ3v) is 3.41. The summed E-state index contributed by atoms with van der Waals surface area (Å²) in [7, 11) is 0. The molecule has 0 spiro atoms. The van der Waals surface area contributed by atoms with Gasteiger partial charge in [-0.05, 0) is 19.3 Å². The molecule has 1 fully saturated rings. The molecule has 2 rings (SSSR count). The van der Waals surface area contributed by atoms with E-state index in [1.807, 2.05) is 6.20 Å². The Hall–Kier alpha value is -1.12. The number of Topliss-reactive ketones (excluding diaryl/α,β-unsaturated/α-hetero) is 1. The van der Waals surface area contributed by atoms with Crippen LogP contribution in [0.2, 0.25) is 0 Å². The lowest BCUT2D eigenvalue weighted by Crippen LogP contribution is -2.16. The Balaban J connectivity index is 1.96. The van der Waals surface area contributed by atoms with Crippen LogP contribution in [0.25, 0.3) is 0 Å². The van der Waals surface area contributed by atoms with Crippen LogP contribution in [-0.4, -0.2) is 15.3 Å². The van der Waals surface area contributed by atoms with Gasteiger partial charge in [-0.3, -0.25) is 4.79 Å². The summed E-state index contributed by atoms with van der Waals surface area (Å²) in [5, 5.41) is 0. The van der Waals surface area contributed by atoms with E-state index in [1.165, 1.54) is 12.8 Å². The fraction of sp³-hybridized carbons (Fsp3) is 0.692. The van der Waals surface area contributed by atoms with Crippen LogP contribution in [0.5, 0.6) is 0 Å². The van der Waals surface area contributed by atoms with Gasteiger partial charge in [-0.15, -0.1) is 0 Å². The van der Waals surface area contributed by atoms with E-state index in [2.05, 4.69) is 16.5 Å². The first-order chi connectivity index (χ1) is 7.81. The van der Waals surface area contributed by atoms with Gasteiger partial charge in [0, 0.05) is 24.9 Å². The second-order valence-corrected chi connectivity index (χ2v) is 4.66. The van der Waals surface area contributed by atoms with Crippen molar-refractivity contribution in [3.8, 4) is 0 Å². The van der Waals surface area contributed by atoms with Crippen LogP contribution < -0.4 is 0 Å². The summed E-state index contributed by atoms with van der Waals surface area (Å²) >= 11 is 0. The number of hydrogen-bond donors (Lipinski definition) is 0. The van der Waals surface area contributed by atoms with E-state index < -0.39 is 0 Å². The molecule has 1 aromatic heterocycles. The highest BCUT2D eigenvalue weighted by Gasteiger charge is 2.23. The first-order valence-corrected chi connectivity index (χ1v) is 6.34. The number of rotatable bonds is 5. The SMILES string of the molecule is CCCn1ccnc1CC(=O)C1CCCC1. The predicted octanol–water partition coefficient (Wildman–Crippen LogP) is 2.59. The molecular formula is C13H20N2O. The van der Waals surface area contributed by atoms with Crippen molar-refractivity contribution in [1.82, 2.24) is 9.55 Å². The lowest BCUT2D eigenvalue weighted by molar-refractivity contribution is -0.122. The number of ketones is 1. The van der Waals surface area contributed by atoms with Gasteiger partial charge in [-0.2, -0.15) is 0 Å². The molecular weight excluding hydrogens is 200 g/mol. The average Bonchev–Trinajstić information content (AvgIpc) is 2.90. The van der Waals surface area contributed by atoms with Gasteiger partial charge in [0.25, 0.3) is 0 Å². The maximum atomic E-state index is 12.0. The van der Waals surface area contributed by atoms with Crippen molar-refractivity contribution in [2.45, 2.75) is 52.0 Å². The molecule has 0 N–H and O–H groups in total. The molecule has 1 aliphatic rings. The monoisotopic (exact) mass is 220 g/mol. The highest BCUT2D eigenvalue weighted by Crippen LogP contribution is 2.26. The van der Waals surface area contributed by atoms with E-state index in [9.17, 15) is 4.79 Å². The second-order valence-electron chi connectivity index (χ2n) is 4.66. The molecule has 0 aliphatic heterocycles. The van der Waals surface area contributed by atoms with Crippen molar-refractivity contribution in [2.75, 3.05) is 0 Å². The largest absolute Gasteiger partial charge is 0.335 e. The van der Waals surface area contributed by atoms with Crippen LogP contribution in [0.15, 0.2) is 12.4 Å². The van der Waals surface area contributed by atoms with Crippen LogP contribution in [0, 0.1) is 5.92 Å².